The molecule has 0 aromatic rings. The molecule has 0 saturated heterocycles. The van der Waals surface area contributed by atoms with Crippen LogP contribution in [0.25, 0.3) is 0 Å². The van der Waals surface area contributed by atoms with E-state index in [-0.39, 0.29) is 11.2 Å². The molecule has 1 rings (SSSR count). The third-order valence-electron chi connectivity index (χ3n) is 4.22. The second kappa shape index (κ2) is 7.11. The van der Waals surface area contributed by atoms with Gasteiger partial charge in [-0.25, -0.2) is 8.42 Å². The van der Waals surface area contributed by atoms with Crippen molar-refractivity contribution >= 4 is 19.7 Å². The van der Waals surface area contributed by atoms with E-state index in [2.05, 4.69) is 0 Å². The third kappa shape index (κ3) is 5.45. The molecule has 5 heteroatoms. The van der Waals surface area contributed by atoms with Gasteiger partial charge in [0.05, 0.1) is 12.4 Å². The van der Waals surface area contributed by atoms with Gasteiger partial charge in [0.25, 0.3) is 0 Å². The van der Waals surface area contributed by atoms with E-state index in [1.54, 1.807) is 0 Å². The van der Waals surface area contributed by atoms with Crippen LogP contribution in [0.15, 0.2) is 0 Å². The molecular formula is C13H25ClO3S. The fourth-order valence-electron chi connectivity index (χ4n) is 2.68. The second-order valence-electron chi connectivity index (χ2n) is 5.56. The average molecular weight is 297 g/mol. The number of rotatable bonds is 8. The first-order valence-electron chi connectivity index (χ1n) is 6.91. The molecule has 1 aliphatic rings. The molecular weight excluding hydrogens is 272 g/mol. The van der Waals surface area contributed by atoms with Crippen LogP contribution < -0.4 is 0 Å². The summed E-state index contributed by atoms with van der Waals surface area (Å²) in [4.78, 5) is 0. The van der Waals surface area contributed by atoms with E-state index < -0.39 is 9.05 Å². The molecule has 0 radical (unpaired) electrons. The fraction of sp³-hybridized carbons (Fsp3) is 1.00. The standard InChI is InChI=1S/C13H25ClO3S/c1-3-13(4-2,11-18(14,15)16)10-17-9-12-7-5-6-8-12/h12H,3-11H2,1-2H3. The lowest BCUT2D eigenvalue weighted by molar-refractivity contribution is 0.0313. The number of hydrogen-bond acceptors (Lipinski definition) is 3. The van der Waals surface area contributed by atoms with Crippen LogP contribution in [0.2, 0.25) is 0 Å². The molecule has 0 aromatic carbocycles. The summed E-state index contributed by atoms with van der Waals surface area (Å²) < 4.78 is 28.4. The minimum absolute atomic E-state index is 0.0131. The van der Waals surface area contributed by atoms with Crippen LogP contribution in [-0.4, -0.2) is 27.4 Å². The molecule has 108 valence electrons. The SMILES string of the molecule is CCC(CC)(COCC1CCCC1)CS(=O)(=O)Cl. The van der Waals surface area contributed by atoms with E-state index in [1.165, 1.54) is 25.7 Å². The maximum absolute atomic E-state index is 11.3. The van der Waals surface area contributed by atoms with Gasteiger partial charge in [-0.3, -0.25) is 0 Å². The molecule has 0 N–H and O–H groups in total. The molecule has 1 saturated carbocycles. The minimum atomic E-state index is -3.46. The van der Waals surface area contributed by atoms with Crippen molar-refractivity contribution in [3.05, 3.63) is 0 Å². The summed E-state index contributed by atoms with van der Waals surface area (Å²) in [5.74, 6) is 0.684. The van der Waals surface area contributed by atoms with Gasteiger partial charge in [0.2, 0.25) is 9.05 Å². The summed E-state index contributed by atoms with van der Waals surface area (Å²) in [5.41, 5.74) is -0.320. The van der Waals surface area contributed by atoms with Crippen molar-refractivity contribution in [2.45, 2.75) is 52.4 Å². The molecule has 0 aromatic heterocycles. The number of hydrogen-bond donors (Lipinski definition) is 0. The van der Waals surface area contributed by atoms with Gasteiger partial charge in [-0.15, -0.1) is 0 Å². The van der Waals surface area contributed by atoms with Crippen LogP contribution in [0.1, 0.15) is 52.4 Å². The average Bonchev–Trinajstić information content (AvgIpc) is 2.79. The summed E-state index contributed by atoms with van der Waals surface area (Å²) in [5, 5.41) is 0. The Hall–Kier alpha value is 0.200. The Bertz CT molecular complexity index is 330. The van der Waals surface area contributed by atoms with Gasteiger partial charge in [-0.1, -0.05) is 26.7 Å². The summed E-state index contributed by atoms with van der Waals surface area (Å²) in [6.07, 6.45) is 6.66. The summed E-state index contributed by atoms with van der Waals surface area (Å²) in [7, 11) is 1.93. The van der Waals surface area contributed by atoms with Gasteiger partial charge >= 0.3 is 0 Å². The van der Waals surface area contributed by atoms with Gasteiger partial charge in [0.1, 0.15) is 0 Å². The van der Waals surface area contributed by atoms with Crippen molar-refractivity contribution < 1.29 is 13.2 Å². The monoisotopic (exact) mass is 296 g/mol. The zero-order valence-electron chi connectivity index (χ0n) is 11.5. The van der Waals surface area contributed by atoms with E-state index >= 15 is 0 Å². The van der Waals surface area contributed by atoms with Crippen LogP contribution >= 0.6 is 10.7 Å². The van der Waals surface area contributed by atoms with Crippen LogP contribution in [-0.2, 0) is 13.8 Å². The van der Waals surface area contributed by atoms with Gasteiger partial charge < -0.3 is 4.74 Å². The minimum Gasteiger partial charge on any atom is -0.381 e. The quantitative estimate of drug-likeness (QED) is 0.643. The van der Waals surface area contributed by atoms with E-state index in [9.17, 15) is 8.42 Å². The number of ether oxygens (including phenoxy) is 1. The van der Waals surface area contributed by atoms with E-state index in [0.717, 1.165) is 19.4 Å². The highest BCUT2D eigenvalue weighted by atomic mass is 35.7. The molecule has 0 spiro atoms. The van der Waals surface area contributed by atoms with Crippen molar-refractivity contribution in [2.24, 2.45) is 11.3 Å². The van der Waals surface area contributed by atoms with E-state index in [0.29, 0.717) is 12.5 Å². The first-order valence-corrected chi connectivity index (χ1v) is 9.39. The van der Waals surface area contributed by atoms with Gasteiger partial charge in [0.15, 0.2) is 0 Å². The molecule has 3 nitrogen and oxygen atoms in total. The summed E-state index contributed by atoms with van der Waals surface area (Å²) >= 11 is 0. The van der Waals surface area contributed by atoms with Crippen LogP contribution in [0.3, 0.4) is 0 Å². The highest BCUT2D eigenvalue weighted by molar-refractivity contribution is 8.13. The predicted octanol–water partition coefficient (Wildman–Crippen LogP) is 3.57. The zero-order valence-corrected chi connectivity index (χ0v) is 13.0. The molecule has 18 heavy (non-hydrogen) atoms. The van der Waals surface area contributed by atoms with Crippen molar-refractivity contribution in [3.8, 4) is 0 Å². The molecule has 0 unspecified atom stereocenters. The summed E-state index contributed by atoms with van der Waals surface area (Å²) in [6, 6.07) is 0. The summed E-state index contributed by atoms with van der Waals surface area (Å²) in [6.45, 7) is 5.28. The molecule has 0 bridgehead atoms. The second-order valence-corrected chi connectivity index (χ2v) is 8.33. The van der Waals surface area contributed by atoms with Crippen molar-refractivity contribution in [1.82, 2.24) is 0 Å². The first-order chi connectivity index (χ1) is 8.41. The van der Waals surface area contributed by atoms with Crippen molar-refractivity contribution in [3.63, 3.8) is 0 Å². The van der Waals surface area contributed by atoms with Crippen molar-refractivity contribution in [1.29, 1.82) is 0 Å². The molecule has 0 aliphatic heterocycles. The topological polar surface area (TPSA) is 43.4 Å². The van der Waals surface area contributed by atoms with E-state index in [1.807, 2.05) is 13.8 Å². The van der Waals surface area contributed by atoms with Crippen molar-refractivity contribution in [2.75, 3.05) is 19.0 Å². The third-order valence-corrected chi connectivity index (χ3v) is 5.50. The Labute approximate surface area is 116 Å². The van der Waals surface area contributed by atoms with Crippen LogP contribution in [0.4, 0.5) is 0 Å². The maximum atomic E-state index is 11.3. The Kier molecular flexibility index (Phi) is 6.42. The van der Waals surface area contributed by atoms with Crippen LogP contribution in [0, 0.1) is 11.3 Å². The normalized spacial score (nSPS) is 18.4. The Morgan fingerprint density at radius 3 is 2.22 bits per heavy atom. The zero-order chi connectivity index (χ0) is 13.6. The predicted molar refractivity (Wildman–Crippen MR) is 75.4 cm³/mol. The molecule has 1 aliphatic carbocycles. The molecule has 0 atom stereocenters. The highest BCUT2D eigenvalue weighted by Gasteiger charge is 2.32. The number of halogens is 1. The Balaban J connectivity index is 2.45. The lowest BCUT2D eigenvalue weighted by Gasteiger charge is -2.30. The van der Waals surface area contributed by atoms with Crippen LogP contribution in [0.5, 0.6) is 0 Å². The fourth-order valence-corrected chi connectivity index (χ4v) is 4.60. The molecule has 0 amide bonds. The van der Waals surface area contributed by atoms with Gasteiger partial charge in [-0.2, -0.15) is 0 Å². The largest absolute Gasteiger partial charge is 0.381 e. The van der Waals surface area contributed by atoms with E-state index in [4.69, 9.17) is 15.4 Å². The lowest BCUT2D eigenvalue weighted by atomic mass is 9.85. The first kappa shape index (κ1) is 16.3. The Morgan fingerprint density at radius 1 is 1.22 bits per heavy atom. The molecule has 0 heterocycles. The van der Waals surface area contributed by atoms with Gasteiger partial charge in [-0.05, 0) is 31.6 Å². The van der Waals surface area contributed by atoms with Gasteiger partial charge in [0, 0.05) is 22.7 Å². The smallest absolute Gasteiger partial charge is 0.233 e. The molecule has 1 fully saturated rings. The highest BCUT2D eigenvalue weighted by Crippen LogP contribution is 2.31. The maximum Gasteiger partial charge on any atom is 0.233 e. The Morgan fingerprint density at radius 2 is 1.78 bits per heavy atom. The lowest BCUT2D eigenvalue weighted by Crippen LogP contribution is -2.33.